The van der Waals surface area contributed by atoms with E-state index in [1.165, 1.54) is 0 Å². The molecule has 1 fully saturated rings. The van der Waals surface area contributed by atoms with Crippen molar-refractivity contribution in [2.45, 2.75) is 33.2 Å². The van der Waals surface area contributed by atoms with Gasteiger partial charge < -0.3 is 14.5 Å². The molecule has 0 aromatic carbocycles. The molecule has 2 rings (SSSR count). The fourth-order valence-corrected chi connectivity index (χ4v) is 1.90. The molecule has 2 heterocycles. The van der Waals surface area contributed by atoms with E-state index in [9.17, 15) is 0 Å². The lowest BCUT2D eigenvalue weighted by atomic mass is 10.1. The van der Waals surface area contributed by atoms with Gasteiger partial charge in [-0.25, -0.2) is 4.98 Å². The molecule has 16 heavy (non-hydrogen) atoms. The largest absolute Gasteiger partial charge is 0.444 e. The Labute approximate surface area is 96.4 Å². The predicted molar refractivity (Wildman–Crippen MR) is 61.3 cm³/mol. The monoisotopic (exact) mass is 224 g/mol. The van der Waals surface area contributed by atoms with Gasteiger partial charge in [-0.15, -0.1) is 0 Å². The molecule has 1 N–H and O–H groups in total. The first-order valence-electron chi connectivity index (χ1n) is 5.94. The van der Waals surface area contributed by atoms with Crippen LogP contribution in [0, 0.1) is 12.8 Å². The van der Waals surface area contributed by atoms with Gasteiger partial charge in [-0.05, 0) is 19.3 Å². The minimum absolute atomic E-state index is 0.119. The van der Waals surface area contributed by atoms with E-state index >= 15 is 0 Å². The van der Waals surface area contributed by atoms with Crippen LogP contribution in [0.15, 0.2) is 4.42 Å². The van der Waals surface area contributed by atoms with Gasteiger partial charge in [-0.1, -0.05) is 13.8 Å². The van der Waals surface area contributed by atoms with Gasteiger partial charge in [-0.2, -0.15) is 0 Å². The third kappa shape index (κ3) is 2.62. The van der Waals surface area contributed by atoms with E-state index in [0.29, 0.717) is 12.5 Å². The van der Waals surface area contributed by atoms with Crippen LogP contribution >= 0.6 is 0 Å². The van der Waals surface area contributed by atoms with E-state index in [0.717, 1.165) is 36.9 Å². The first-order chi connectivity index (χ1) is 7.66. The smallest absolute Gasteiger partial charge is 0.214 e. The zero-order chi connectivity index (χ0) is 11.5. The van der Waals surface area contributed by atoms with Crippen LogP contribution in [0.5, 0.6) is 0 Å². The summed E-state index contributed by atoms with van der Waals surface area (Å²) in [4.78, 5) is 4.56. The number of aryl methyl sites for hydroxylation is 1. The Hall–Kier alpha value is -0.870. The van der Waals surface area contributed by atoms with Crippen LogP contribution in [0.3, 0.4) is 0 Å². The lowest BCUT2D eigenvalue weighted by molar-refractivity contribution is 0.0678. The molecular formula is C12H20N2O2. The molecule has 0 aliphatic carbocycles. The molecule has 0 amide bonds. The Balaban J connectivity index is 2.09. The average molecular weight is 224 g/mol. The number of rotatable bonds is 3. The normalized spacial score (nSPS) is 21.6. The molecule has 0 saturated carbocycles. The molecule has 4 heteroatoms. The number of aromatic nitrogens is 1. The second-order valence-corrected chi connectivity index (χ2v) is 4.73. The number of nitrogens with one attached hydrogen (secondary N) is 1. The van der Waals surface area contributed by atoms with Gasteiger partial charge in [-0.3, -0.25) is 0 Å². The minimum atomic E-state index is 0.119. The molecule has 1 unspecified atom stereocenters. The molecule has 1 aliphatic heterocycles. The summed E-state index contributed by atoms with van der Waals surface area (Å²) in [5.74, 6) is 2.32. The van der Waals surface area contributed by atoms with Crippen LogP contribution in [0.2, 0.25) is 0 Å². The van der Waals surface area contributed by atoms with Crippen molar-refractivity contribution < 1.29 is 9.15 Å². The minimum Gasteiger partial charge on any atom is -0.444 e. The Morgan fingerprint density at radius 2 is 2.31 bits per heavy atom. The summed E-state index contributed by atoms with van der Waals surface area (Å²) in [5.41, 5.74) is 1.08. The quantitative estimate of drug-likeness (QED) is 0.851. The van der Waals surface area contributed by atoms with Crippen LogP contribution in [-0.2, 0) is 11.2 Å². The van der Waals surface area contributed by atoms with Crippen molar-refractivity contribution in [3.05, 3.63) is 17.3 Å². The predicted octanol–water partition coefficient (Wildman–Crippen LogP) is 1.84. The molecule has 1 saturated heterocycles. The average Bonchev–Trinajstić information content (AvgIpc) is 2.61. The fourth-order valence-electron chi connectivity index (χ4n) is 1.90. The number of hydrogen-bond donors (Lipinski definition) is 1. The van der Waals surface area contributed by atoms with Crippen molar-refractivity contribution in [1.82, 2.24) is 10.3 Å². The zero-order valence-corrected chi connectivity index (χ0v) is 10.2. The van der Waals surface area contributed by atoms with E-state index in [2.05, 4.69) is 24.1 Å². The second-order valence-electron chi connectivity index (χ2n) is 4.73. The molecule has 1 atom stereocenters. The summed E-state index contributed by atoms with van der Waals surface area (Å²) >= 11 is 0. The van der Waals surface area contributed by atoms with Crippen molar-refractivity contribution in [3.8, 4) is 0 Å². The van der Waals surface area contributed by atoms with Crippen molar-refractivity contribution in [1.29, 1.82) is 0 Å². The molecule has 0 spiro atoms. The van der Waals surface area contributed by atoms with Crippen LogP contribution in [0.4, 0.5) is 0 Å². The highest BCUT2D eigenvalue weighted by Gasteiger charge is 2.22. The van der Waals surface area contributed by atoms with Crippen molar-refractivity contribution >= 4 is 0 Å². The highest BCUT2D eigenvalue weighted by Crippen LogP contribution is 2.20. The molecule has 90 valence electrons. The van der Waals surface area contributed by atoms with Crippen molar-refractivity contribution in [2.24, 2.45) is 5.92 Å². The number of morpholine rings is 1. The number of hydrogen-bond acceptors (Lipinski definition) is 4. The Morgan fingerprint density at radius 3 is 2.94 bits per heavy atom. The summed E-state index contributed by atoms with van der Waals surface area (Å²) in [5, 5.41) is 3.35. The lowest BCUT2D eigenvalue weighted by Crippen LogP contribution is -2.34. The van der Waals surface area contributed by atoms with E-state index in [4.69, 9.17) is 9.15 Å². The molecule has 1 aliphatic rings. The van der Waals surface area contributed by atoms with Gasteiger partial charge in [0.25, 0.3) is 0 Å². The van der Waals surface area contributed by atoms with Gasteiger partial charge in [0.1, 0.15) is 11.8 Å². The van der Waals surface area contributed by atoms with Crippen LogP contribution in [0.25, 0.3) is 0 Å². The highest BCUT2D eigenvalue weighted by molar-refractivity contribution is 5.11. The summed E-state index contributed by atoms with van der Waals surface area (Å²) in [6.07, 6.45) is 0.975. The zero-order valence-electron chi connectivity index (χ0n) is 10.2. The van der Waals surface area contributed by atoms with Gasteiger partial charge in [0.05, 0.1) is 18.9 Å². The van der Waals surface area contributed by atoms with E-state index in [1.807, 2.05) is 6.92 Å². The maximum atomic E-state index is 5.70. The summed E-state index contributed by atoms with van der Waals surface area (Å²) in [7, 11) is 0. The SMILES string of the molecule is Cc1oc(C2COCCN2)nc1CC(C)C. The van der Waals surface area contributed by atoms with Crippen LogP contribution in [-0.4, -0.2) is 24.7 Å². The summed E-state index contributed by atoms with van der Waals surface area (Å²) < 4.78 is 11.1. The highest BCUT2D eigenvalue weighted by atomic mass is 16.5. The van der Waals surface area contributed by atoms with Gasteiger partial charge in [0.2, 0.25) is 5.89 Å². The van der Waals surface area contributed by atoms with E-state index in [1.54, 1.807) is 0 Å². The first kappa shape index (κ1) is 11.6. The maximum Gasteiger partial charge on any atom is 0.214 e. The first-order valence-corrected chi connectivity index (χ1v) is 5.94. The van der Waals surface area contributed by atoms with Crippen molar-refractivity contribution in [2.75, 3.05) is 19.8 Å². The third-order valence-electron chi connectivity index (χ3n) is 2.73. The van der Waals surface area contributed by atoms with E-state index in [-0.39, 0.29) is 6.04 Å². The van der Waals surface area contributed by atoms with Gasteiger partial charge in [0.15, 0.2) is 0 Å². The van der Waals surface area contributed by atoms with Crippen molar-refractivity contribution in [3.63, 3.8) is 0 Å². The standard InChI is InChI=1S/C12H20N2O2/c1-8(2)6-10-9(3)16-12(14-10)11-7-15-5-4-13-11/h8,11,13H,4-7H2,1-3H3. The molecule has 1 aromatic rings. The Kier molecular flexibility index (Phi) is 3.61. The molecule has 4 nitrogen and oxygen atoms in total. The van der Waals surface area contributed by atoms with Crippen LogP contribution < -0.4 is 5.32 Å². The number of nitrogens with zero attached hydrogens (tertiary/aromatic N) is 1. The lowest BCUT2D eigenvalue weighted by Gasteiger charge is -2.20. The molecule has 0 radical (unpaired) electrons. The van der Waals surface area contributed by atoms with Gasteiger partial charge in [0, 0.05) is 6.54 Å². The van der Waals surface area contributed by atoms with E-state index < -0.39 is 0 Å². The van der Waals surface area contributed by atoms with Gasteiger partial charge >= 0.3 is 0 Å². The molecular weight excluding hydrogens is 204 g/mol. The Bertz CT molecular complexity index is 341. The van der Waals surface area contributed by atoms with Crippen LogP contribution in [0.1, 0.15) is 37.2 Å². The fraction of sp³-hybridized carbons (Fsp3) is 0.750. The molecule has 0 bridgehead atoms. The Morgan fingerprint density at radius 1 is 1.50 bits per heavy atom. The summed E-state index contributed by atoms with van der Waals surface area (Å²) in [6.45, 7) is 8.66. The third-order valence-corrected chi connectivity index (χ3v) is 2.73. The number of oxazole rings is 1. The maximum absolute atomic E-state index is 5.70. The topological polar surface area (TPSA) is 47.3 Å². The number of ether oxygens (including phenoxy) is 1. The second kappa shape index (κ2) is 4.97. The summed E-state index contributed by atoms with van der Waals surface area (Å²) in [6, 6.07) is 0.119. The molecule has 1 aromatic heterocycles.